The molecule has 6 N–H and O–H groups in total. The Morgan fingerprint density at radius 3 is 2.43 bits per heavy atom. The van der Waals surface area contributed by atoms with Crippen molar-refractivity contribution in [3.8, 4) is 11.8 Å². The van der Waals surface area contributed by atoms with Crippen molar-refractivity contribution < 1.29 is 27.0 Å². The summed E-state index contributed by atoms with van der Waals surface area (Å²) in [7, 11) is -1.08. The third-order valence-corrected chi connectivity index (χ3v) is 17.7. The fourth-order valence-electron chi connectivity index (χ4n) is 11.8. The predicted molar refractivity (Wildman–Crippen MR) is 292 cm³/mol. The third-order valence-electron chi connectivity index (χ3n) is 15.7. The van der Waals surface area contributed by atoms with Crippen LogP contribution in [-0.4, -0.2) is 101 Å². The van der Waals surface area contributed by atoms with Gasteiger partial charge in [0, 0.05) is 106 Å². The van der Waals surface area contributed by atoms with Gasteiger partial charge < -0.3 is 41.4 Å². The molecule has 3 aromatic carbocycles. The number of nitrogens with one attached hydrogen (secondary N) is 4. The number of hydrogen-bond donors (Lipinski definition) is 5. The maximum atomic E-state index is 13.8. The van der Waals surface area contributed by atoms with Gasteiger partial charge in [-0.25, -0.2) is 4.98 Å². The summed E-state index contributed by atoms with van der Waals surface area (Å²) in [6.45, 7) is 6.42. The smallest absolute Gasteiger partial charge is 0.397 e. The first-order valence-electron chi connectivity index (χ1n) is 26.2. The van der Waals surface area contributed by atoms with Crippen molar-refractivity contribution in [2.24, 2.45) is 17.8 Å². The largest absolute Gasteiger partial charge is 0.406 e. The number of rotatable bonds is 16. The van der Waals surface area contributed by atoms with Crippen molar-refractivity contribution in [1.29, 1.82) is 0 Å². The van der Waals surface area contributed by atoms with Gasteiger partial charge in [0.1, 0.15) is 16.3 Å². The zero-order valence-electron chi connectivity index (χ0n) is 42.2. The number of amides is 2. The molecule has 4 atom stereocenters. The molecule has 0 spiro atoms. The van der Waals surface area contributed by atoms with Gasteiger partial charge >= 0.3 is 6.18 Å². The molecule has 390 valence electrons. The number of hydrogen-bond acceptors (Lipinski definition) is 10. The number of pyridine rings is 1. The van der Waals surface area contributed by atoms with E-state index < -0.39 is 23.5 Å². The number of nitrogen functional groups attached to an aromatic ring is 1. The second-order valence-corrected chi connectivity index (χ2v) is 23.1. The van der Waals surface area contributed by atoms with E-state index in [0.29, 0.717) is 45.1 Å². The lowest BCUT2D eigenvalue weighted by molar-refractivity contribution is -0.140. The maximum absolute atomic E-state index is 13.8. The van der Waals surface area contributed by atoms with Crippen LogP contribution in [0.4, 0.5) is 35.9 Å². The maximum Gasteiger partial charge on any atom is 0.406 e. The van der Waals surface area contributed by atoms with Crippen molar-refractivity contribution in [3.63, 3.8) is 0 Å². The molecular weight excluding hydrogens is 980 g/mol. The molecule has 2 aliphatic carbocycles. The number of aryl methyl sites for hydroxylation is 2. The lowest BCUT2D eigenvalue weighted by atomic mass is 9.83. The SMILES string of the molecule is Cc1ccc2c(N)c(C(=O)NC3CCc4cc(N5CC6CCC(C5)C6C(=O)NCCCCCN5CCC(Nc6cccc7c6cc(C#CCNc6ccc(S(C)=O)cc6)n7CC(F)(F)F)CC5)ccc4C3)sc2n1. The fourth-order valence-corrected chi connectivity index (χ4v) is 13.4. The Kier molecular flexibility index (Phi) is 15.6. The second-order valence-electron chi connectivity index (χ2n) is 20.8. The van der Waals surface area contributed by atoms with Crippen molar-refractivity contribution in [2.45, 2.75) is 101 Å². The molecule has 17 heteroatoms. The zero-order valence-corrected chi connectivity index (χ0v) is 43.8. The Morgan fingerprint density at radius 1 is 0.892 bits per heavy atom. The monoisotopic (exact) mass is 1050 g/mol. The Bertz CT molecular complexity index is 3090. The van der Waals surface area contributed by atoms with Gasteiger partial charge in [0.05, 0.1) is 23.4 Å². The summed E-state index contributed by atoms with van der Waals surface area (Å²) in [6.07, 6.45) is 6.84. The van der Waals surface area contributed by atoms with E-state index >= 15 is 0 Å². The molecule has 10 rings (SSSR count). The number of aromatic nitrogens is 2. The van der Waals surface area contributed by atoms with Crippen LogP contribution in [0, 0.1) is 36.5 Å². The number of alkyl halides is 3. The number of carbonyl (C=O) groups is 2. The standard InChI is InChI=1S/C57H66F3N9O3S2/c1-36-11-22-47-52(61)53(73-56(47)64-36)55(71)66-43-16-14-38-31-44(19-15-37(38)30-43)68-33-39-12-13-40(34-68)51(39)54(70)63-25-4-3-5-27-67-28-23-42(24-29-67)65-49-9-6-10-50-48(49)32-45(69(50)35-57(58,59)60)8-7-26-62-41-17-20-46(21-18-41)74(2)72/h6,9-11,15,17-22,31-32,39-40,42-43,51,62,65H,3-5,12-14,16,23-30,33-35,61H2,1-2H3,(H,63,70)(H,66,71). The van der Waals surface area contributed by atoms with Crippen LogP contribution in [-0.2, 0) is 35.0 Å². The number of unbranched alkanes of at least 4 members (excludes halogenated alkanes) is 2. The van der Waals surface area contributed by atoms with Crippen molar-refractivity contribution >= 4 is 77.8 Å². The first-order chi connectivity index (χ1) is 35.7. The molecule has 2 bridgehead atoms. The van der Waals surface area contributed by atoms with Crippen molar-refractivity contribution in [2.75, 3.05) is 73.3 Å². The van der Waals surface area contributed by atoms with E-state index in [1.54, 1.807) is 36.6 Å². The summed E-state index contributed by atoms with van der Waals surface area (Å²) >= 11 is 1.35. The lowest BCUT2D eigenvalue weighted by Gasteiger charge is -2.39. The van der Waals surface area contributed by atoms with Crippen molar-refractivity contribution in [3.05, 3.63) is 106 Å². The minimum atomic E-state index is -4.41. The summed E-state index contributed by atoms with van der Waals surface area (Å²) in [4.78, 5) is 38.6. The minimum absolute atomic E-state index is 0.0419. The normalized spacial score (nSPS) is 20.5. The molecule has 1 saturated carbocycles. The number of piperidine rings is 2. The Morgan fingerprint density at radius 2 is 1.68 bits per heavy atom. The fraction of sp³-hybridized carbons (Fsp3) is 0.456. The van der Waals surface area contributed by atoms with E-state index in [1.165, 1.54) is 32.7 Å². The summed E-state index contributed by atoms with van der Waals surface area (Å²) in [6, 6.07) is 25.3. The van der Waals surface area contributed by atoms with Crippen LogP contribution in [0.1, 0.15) is 83.6 Å². The van der Waals surface area contributed by atoms with E-state index in [-0.39, 0.29) is 36.4 Å². The highest BCUT2D eigenvalue weighted by molar-refractivity contribution is 7.84. The molecule has 4 unspecified atom stereocenters. The first kappa shape index (κ1) is 51.4. The first-order valence-corrected chi connectivity index (χ1v) is 28.6. The summed E-state index contributed by atoms with van der Waals surface area (Å²) in [5.41, 5.74) is 14.0. The van der Waals surface area contributed by atoms with Gasteiger partial charge in [-0.1, -0.05) is 24.5 Å². The number of benzene rings is 3. The highest BCUT2D eigenvalue weighted by Crippen LogP contribution is 2.44. The predicted octanol–water partition coefficient (Wildman–Crippen LogP) is 9.52. The van der Waals surface area contributed by atoms with Crippen LogP contribution >= 0.6 is 11.3 Å². The number of fused-ring (bicyclic) bond motifs is 5. The van der Waals surface area contributed by atoms with Crippen LogP contribution in [0.25, 0.3) is 21.1 Å². The molecule has 6 aromatic rings. The van der Waals surface area contributed by atoms with E-state index in [2.05, 4.69) is 66.1 Å². The average molecular weight is 1050 g/mol. The van der Waals surface area contributed by atoms with Crippen LogP contribution < -0.4 is 31.9 Å². The highest BCUT2D eigenvalue weighted by Gasteiger charge is 2.46. The minimum Gasteiger partial charge on any atom is -0.397 e. The van der Waals surface area contributed by atoms with Gasteiger partial charge in [-0.3, -0.25) is 13.8 Å². The molecule has 12 nitrogen and oxygen atoms in total. The second kappa shape index (κ2) is 22.4. The van der Waals surface area contributed by atoms with Gasteiger partial charge in [-0.15, -0.1) is 11.3 Å². The van der Waals surface area contributed by atoms with Gasteiger partial charge in [0.15, 0.2) is 0 Å². The number of likely N-dealkylation sites (tertiary alicyclic amines) is 1. The number of nitrogens with two attached hydrogens (primary N) is 1. The molecule has 0 radical (unpaired) electrons. The van der Waals surface area contributed by atoms with E-state index in [4.69, 9.17) is 5.73 Å². The number of halogens is 3. The summed E-state index contributed by atoms with van der Waals surface area (Å²) in [5, 5.41) is 14.9. The molecule has 74 heavy (non-hydrogen) atoms. The molecule has 2 aliphatic heterocycles. The summed E-state index contributed by atoms with van der Waals surface area (Å²) < 4.78 is 54.5. The van der Waals surface area contributed by atoms with Crippen LogP contribution in [0.3, 0.4) is 0 Å². The Balaban J connectivity index is 0.637. The van der Waals surface area contributed by atoms with Crippen LogP contribution in [0.2, 0.25) is 0 Å². The number of anilines is 4. The number of carbonyl (C=O) groups excluding carboxylic acids is 2. The Labute approximate surface area is 437 Å². The molecule has 5 heterocycles. The molecule has 3 aromatic heterocycles. The average Bonchev–Trinajstić information content (AvgIpc) is 4.00. The van der Waals surface area contributed by atoms with E-state index in [9.17, 15) is 27.0 Å². The molecule has 3 fully saturated rings. The molecular formula is C57H66F3N9O3S2. The van der Waals surface area contributed by atoms with Crippen LogP contribution in [0.5, 0.6) is 0 Å². The van der Waals surface area contributed by atoms with E-state index in [1.807, 2.05) is 37.3 Å². The van der Waals surface area contributed by atoms with Crippen LogP contribution in [0.15, 0.2) is 83.8 Å². The molecule has 2 saturated heterocycles. The summed E-state index contributed by atoms with van der Waals surface area (Å²) in [5.74, 6) is 6.83. The van der Waals surface area contributed by atoms with Gasteiger partial charge in [0.2, 0.25) is 5.91 Å². The lowest BCUT2D eigenvalue weighted by Crippen LogP contribution is -2.48. The zero-order chi connectivity index (χ0) is 51.5. The topological polar surface area (TPSA) is 150 Å². The highest BCUT2D eigenvalue weighted by atomic mass is 32.2. The quantitative estimate of drug-likeness (QED) is 0.0472. The number of thiophene rings is 1. The molecule has 2 amide bonds. The molecule has 4 aliphatic rings. The van der Waals surface area contributed by atoms with Gasteiger partial charge in [0.25, 0.3) is 5.91 Å². The van der Waals surface area contributed by atoms with Crippen molar-refractivity contribution in [1.82, 2.24) is 25.1 Å². The Hall–Kier alpha value is -6.09. The van der Waals surface area contributed by atoms with E-state index in [0.717, 1.165) is 130 Å². The third kappa shape index (κ3) is 11.9. The van der Waals surface area contributed by atoms with Gasteiger partial charge in [-0.2, -0.15) is 13.2 Å². The van der Waals surface area contributed by atoms with Gasteiger partial charge in [-0.05, 0) is 167 Å². The number of nitrogens with zero attached hydrogens (tertiary/aromatic N) is 4.